The molecule has 0 aromatic heterocycles. The van der Waals surface area contributed by atoms with Gasteiger partial charge in [-0.25, -0.2) is 0 Å². The molecule has 27 heavy (non-hydrogen) atoms. The molecule has 3 aromatic carbocycles. The Hall–Kier alpha value is -1.99. The van der Waals surface area contributed by atoms with Crippen molar-refractivity contribution in [1.82, 2.24) is 0 Å². The molecule has 3 rings (SSSR count). The molecule has 0 nitrogen and oxygen atoms in total. The third kappa shape index (κ3) is 3.84. The molecule has 0 saturated carbocycles. The summed E-state index contributed by atoms with van der Waals surface area (Å²) >= 11 is 1.94. The van der Waals surface area contributed by atoms with E-state index in [0.717, 1.165) is 6.42 Å². The van der Waals surface area contributed by atoms with Crippen LogP contribution in [0.1, 0.15) is 43.4 Å². The van der Waals surface area contributed by atoms with Gasteiger partial charge < -0.3 is 0 Å². The Morgan fingerprint density at radius 2 is 1.04 bits per heavy atom. The van der Waals surface area contributed by atoms with Crippen molar-refractivity contribution in [2.45, 2.75) is 37.5 Å². The highest BCUT2D eigenvalue weighted by Crippen LogP contribution is 2.51. The van der Waals surface area contributed by atoms with Crippen LogP contribution in [0, 0.1) is 0 Å². The predicted molar refractivity (Wildman–Crippen MR) is 121 cm³/mol. The normalized spacial score (nSPS) is 13.9. The van der Waals surface area contributed by atoms with Gasteiger partial charge in [0.15, 0.2) is 0 Å². The molecule has 0 aliphatic carbocycles. The summed E-state index contributed by atoms with van der Waals surface area (Å²) in [7, 11) is 0. The highest BCUT2D eigenvalue weighted by Gasteiger charge is 2.47. The van der Waals surface area contributed by atoms with E-state index in [1.165, 1.54) is 28.9 Å². The van der Waals surface area contributed by atoms with Gasteiger partial charge in [-0.05, 0) is 41.5 Å². The topological polar surface area (TPSA) is 0 Å². The molecule has 140 valence electrons. The van der Waals surface area contributed by atoms with E-state index in [2.05, 4.69) is 111 Å². The van der Waals surface area contributed by atoms with E-state index < -0.39 is 0 Å². The molecular weight excluding hydrogens is 344 g/mol. The van der Waals surface area contributed by atoms with Gasteiger partial charge in [0.25, 0.3) is 0 Å². The van der Waals surface area contributed by atoms with E-state index in [1.54, 1.807) is 0 Å². The fraction of sp³-hybridized carbons (Fsp3) is 0.308. The number of thioether (sulfide) groups is 1. The second kappa shape index (κ2) is 8.80. The van der Waals surface area contributed by atoms with Crippen molar-refractivity contribution < 1.29 is 0 Å². The van der Waals surface area contributed by atoms with Gasteiger partial charge >= 0.3 is 0 Å². The van der Waals surface area contributed by atoms with Crippen LogP contribution >= 0.6 is 11.8 Å². The summed E-state index contributed by atoms with van der Waals surface area (Å²) < 4.78 is 0. The molecule has 0 N–H and O–H groups in total. The summed E-state index contributed by atoms with van der Waals surface area (Å²) in [6.07, 6.45) is 4.56. The highest BCUT2D eigenvalue weighted by atomic mass is 32.2. The van der Waals surface area contributed by atoms with Crippen LogP contribution in [0.5, 0.6) is 0 Å². The van der Waals surface area contributed by atoms with E-state index in [1.807, 2.05) is 11.8 Å². The first-order valence-electron chi connectivity index (χ1n) is 9.78. The first-order valence-corrected chi connectivity index (χ1v) is 11.2. The maximum Gasteiger partial charge on any atom is 0.0268 e. The Labute approximate surface area is 169 Å². The number of benzene rings is 3. The summed E-state index contributed by atoms with van der Waals surface area (Å²) in [4.78, 5) is 0. The van der Waals surface area contributed by atoms with Crippen LogP contribution in [-0.2, 0) is 10.8 Å². The zero-order valence-corrected chi connectivity index (χ0v) is 17.5. The van der Waals surface area contributed by atoms with Gasteiger partial charge in [0, 0.05) is 10.8 Å². The molecular formula is C26H30S. The fourth-order valence-corrected chi connectivity index (χ4v) is 4.84. The molecule has 0 fully saturated rings. The second-order valence-electron chi connectivity index (χ2n) is 7.65. The molecule has 1 atom stereocenters. The van der Waals surface area contributed by atoms with E-state index in [0.29, 0.717) is 0 Å². The predicted octanol–water partition coefficient (Wildman–Crippen LogP) is 7.09. The summed E-state index contributed by atoms with van der Waals surface area (Å²) in [6.45, 7) is 4.90. The van der Waals surface area contributed by atoms with Crippen LogP contribution in [0.2, 0.25) is 0 Å². The minimum absolute atomic E-state index is 0.00725. The van der Waals surface area contributed by atoms with Crippen molar-refractivity contribution in [2.24, 2.45) is 0 Å². The molecule has 1 unspecified atom stereocenters. The van der Waals surface area contributed by atoms with Crippen LogP contribution in [0.25, 0.3) is 0 Å². The minimum Gasteiger partial charge on any atom is -0.165 e. The van der Waals surface area contributed by atoms with E-state index in [4.69, 9.17) is 0 Å². The highest BCUT2D eigenvalue weighted by molar-refractivity contribution is 7.98. The van der Waals surface area contributed by atoms with E-state index in [9.17, 15) is 0 Å². The lowest BCUT2D eigenvalue weighted by atomic mass is 9.54. The van der Waals surface area contributed by atoms with Gasteiger partial charge in [0.1, 0.15) is 0 Å². The van der Waals surface area contributed by atoms with E-state index >= 15 is 0 Å². The lowest BCUT2D eigenvalue weighted by Gasteiger charge is -2.48. The Bertz CT molecular complexity index is 771. The zero-order chi connectivity index (χ0) is 19.2. The molecule has 0 aliphatic heterocycles. The third-order valence-corrected chi connectivity index (χ3v) is 6.94. The molecule has 0 spiro atoms. The smallest absolute Gasteiger partial charge is 0.0268 e. The third-order valence-electron chi connectivity index (χ3n) is 6.24. The maximum absolute atomic E-state index is 2.46. The standard InChI is InChI=1S/C26H30S/c1-25(20-13-21-27-3,22-14-7-4-8-15-22)26(2,23-16-9-5-10-17-23)24-18-11-6-12-19-24/h4-12,14-19H,13,20-21H2,1-3H3. The number of hydrogen-bond acceptors (Lipinski definition) is 1. The van der Waals surface area contributed by atoms with Gasteiger partial charge in [-0.15, -0.1) is 0 Å². The van der Waals surface area contributed by atoms with Crippen LogP contribution in [0.15, 0.2) is 91.0 Å². The maximum atomic E-state index is 2.46. The SMILES string of the molecule is CSCCCC(C)(c1ccccc1)C(C)(c1ccccc1)c1ccccc1. The monoisotopic (exact) mass is 374 g/mol. The summed E-state index contributed by atoms with van der Waals surface area (Å²) in [6, 6.07) is 33.2. The molecule has 3 aromatic rings. The second-order valence-corrected chi connectivity index (χ2v) is 8.64. The van der Waals surface area contributed by atoms with Crippen molar-refractivity contribution in [2.75, 3.05) is 12.0 Å². The molecule has 0 heterocycles. The Balaban J connectivity index is 2.22. The summed E-state index contributed by atoms with van der Waals surface area (Å²) in [5, 5.41) is 0. The van der Waals surface area contributed by atoms with Crippen LogP contribution in [0.4, 0.5) is 0 Å². The molecule has 1 heteroatoms. The van der Waals surface area contributed by atoms with Crippen molar-refractivity contribution >= 4 is 11.8 Å². The van der Waals surface area contributed by atoms with Crippen molar-refractivity contribution in [3.63, 3.8) is 0 Å². The largest absolute Gasteiger partial charge is 0.165 e. The fourth-order valence-electron chi connectivity index (χ4n) is 4.41. The number of hydrogen-bond donors (Lipinski definition) is 0. The summed E-state index contributed by atoms with van der Waals surface area (Å²) in [5.74, 6) is 1.20. The van der Waals surface area contributed by atoms with Crippen molar-refractivity contribution in [1.29, 1.82) is 0 Å². The van der Waals surface area contributed by atoms with Gasteiger partial charge in [-0.1, -0.05) is 105 Å². The number of rotatable bonds is 8. The van der Waals surface area contributed by atoms with Gasteiger partial charge in [-0.2, -0.15) is 11.8 Å². The van der Waals surface area contributed by atoms with E-state index in [-0.39, 0.29) is 10.8 Å². The molecule has 0 saturated heterocycles. The molecule has 0 amide bonds. The Morgan fingerprint density at radius 1 is 0.630 bits per heavy atom. The lowest BCUT2D eigenvalue weighted by Crippen LogP contribution is -2.46. The first-order chi connectivity index (χ1) is 13.1. The van der Waals surface area contributed by atoms with Crippen LogP contribution in [-0.4, -0.2) is 12.0 Å². The van der Waals surface area contributed by atoms with Gasteiger partial charge in [-0.3, -0.25) is 0 Å². The molecule has 0 radical (unpaired) electrons. The summed E-state index contributed by atoms with van der Waals surface area (Å²) in [5.41, 5.74) is 4.06. The molecule has 0 aliphatic rings. The van der Waals surface area contributed by atoms with Gasteiger partial charge in [0.05, 0.1) is 0 Å². The average molecular weight is 375 g/mol. The minimum atomic E-state index is -0.116. The quantitative estimate of drug-likeness (QED) is 0.379. The van der Waals surface area contributed by atoms with Crippen LogP contribution in [0.3, 0.4) is 0 Å². The Kier molecular flexibility index (Phi) is 6.44. The Morgan fingerprint density at radius 3 is 1.44 bits per heavy atom. The lowest BCUT2D eigenvalue weighted by molar-refractivity contribution is 0.278. The zero-order valence-electron chi connectivity index (χ0n) is 16.7. The van der Waals surface area contributed by atoms with Crippen molar-refractivity contribution in [3.8, 4) is 0 Å². The molecule has 0 bridgehead atoms. The first kappa shape index (κ1) is 19.8. The van der Waals surface area contributed by atoms with Crippen LogP contribution < -0.4 is 0 Å². The average Bonchev–Trinajstić information content (AvgIpc) is 2.75. The van der Waals surface area contributed by atoms with Crippen molar-refractivity contribution in [3.05, 3.63) is 108 Å². The van der Waals surface area contributed by atoms with Gasteiger partial charge in [0.2, 0.25) is 0 Å².